The fraction of sp³-hybridized carbons (Fsp3) is 0.750. The van der Waals surface area contributed by atoms with E-state index < -0.39 is 23.4 Å². The molecule has 2 atom stereocenters. The van der Waals surface area contributed by atoms with Crippen LogP contribution in [0.4, 0.5) is 0 Å². The number of esters is 1. The fourth-order valence-corrected chi connectivity index (χ4v) is 1.38. The summed E-state index contributed by atoms with van der Waals surface area (Å²) < 4.78 is 5.00. The first kappa shape index (κ1) is 9.03. The van der Waals surface area contributed by atoms with Gasteiger partial charge in [0.25, 0.3) is 0 Å². The van der Waals surface area contributed by atoms with Crippen molar-refractivity contribution in [3.8, 4) is 0 Å². The summed E-state index contributed by atoms with van der Waals surface area (Å²) in [4.78, 5) is 22.0. The van der Waals surface area contributed by atoms with Crippen molar-refractivity contribution >= 4 is 11.9 Å². The molecular weight excluding hydrogens is 158 g/mol. The Balaban J connectivity index is 2.92. The van der Waals surface area contributed by atoms with E-state index >= 15 is 0 Å². The van der Waals surface area contributed by atoms with Gasteiger partial charge in [0.05, 0.1) is 0 Å². The second-order valence-corrected chi connectivity index (χ2v) is 3.69. The van der Waals surface area contributed by atoms with Crippen molar-refractivity contribution in [2.75, 3.05) is 0 Å². The molecule has 68 valence electrons. The number of nitrogens with two attached hydrogens (primary N) is 1. The number of amides is 1. The highest BCUT2D eigenvalue weighted by molar-refractivity contribution is 5.98. The van der Waals surface area contributed by atoms with Crippen molar-refractivity contribution < 1.29 is 14.3 Å². The van der Waals surface area contributed by atoms with Gasteiger partial charge in [-0.2, -0.15) is 0 Å². The Hall–Kier alpha value is -1.06. The van der Waals surface area contributed by atoms with Crippen LogP contribution in [0.1, 0.15) is 20.8 Å². The largest absolute Gasteiger partial charge is 0.459 e. The summed E-state index contributed by atoms with van der Waals surface area (Å²) in [5, 5.41) is 0. The van der Waals surface area contributed by atoms with E-state index in [0.717, 1.165) is 0 Å². The van der Waals surface area contributed by atoms with Gasteiger partial charge in [-0.1, -0.05) is 6.92 Å². The molecule has 1 aliphatic heterocycles. The van der Waals surface area contributed by atoms with E-state index in [1.165, 1.54) is 0 Å². The number of carbonyl (C=O) groups excluding carboxylic acids is 2. The molecule has 0 unspecified atom stereocenters. The monoisotopic (exact) mass is 171 g/mol. The van der Waals surface area contributed by atoms with Crippen LogP contribution in [0.25, 0.3) is 0 Å². The minimum Gasteiger partial charge on any atom is -0.459 e. The SMILES string of the molecule is C[C@@H]1[C@H](C(N)=O)C(=O)OC1(C)C. The summed E-state index contributed by atoms with van der Waals surface area (Å²) in [6, 6.07) is 0. The number of cyclic esters (lactones) is 1. The summed E-state index contributed by atoms with van der Waals surface area (Å²) in [6.07, 6.45) is 0. The van der Waals surface area contributed by atoms with Crippen molar-refractivity contribution in [2.45, 2.75) is 26.4 Å². The van der Waals surface area contributed by atoms with E-state index in [9.17, 15) is 9.59 Å². The number of rotatable bonds is 1. The Morgan fingerprint density at radius 1 is 1.58 bits per heavy atom. The highest BCUT2D eigenvalue weighted by Crippen LogP contribution is 2.36. The summed E-state index contributed by atoms with van der Waals surface area (Å²) >= 11 is 0. The fourth-order valence-electron chi connectivity index (χ4n) is 1.38. The molecule has 1 rings (SSSR count). The topological polar surface area (TPSA) is 69.4 Å². The van der Waals surface area contributed by atoms with Crippen LogP contribution in [0.5, 0.6) is 0 Å². The first-order chi connectivity index (χ1) is 5.36. The molecule has 0 bridgehead atoms. The van der Waals surface area contributed by atoms with Crippen LogP contribution in [0, 0.1) is 11.8 Å². The van der Waals surface area contributed by atoms with Gasteiger partial charge in [0.15, 0.2) is 0 Å². The van der Waals surface area contributed by atoms with Gasteiger partial charge in [0.1, 0.15) is 11.5 Å². The molecule has 0 saturated carbocycles. The lowest BCUT2D eigenvalue weighted by molar-refractivity contribution is -0.150. The van der Waals surface area contributed by atoms with Gasteiger partial charge in [0, 0.05) is 5.92 Å². The third-order valence-electron chi connectivity index (χ3n) is 2.52. The van der Waals surface area contributed by atoms with Gasteiger partial charge in [0.2, 0.25) is 5.91 Å². The van der Waals surface area contributed by atoms with Gasteiger partial charge >= 0.3 is 5.97 Å². The van der Waals surface area contributed by atoms with Crippen LogP contribution in [-0.4, -0.2) is 17.5 Å². The van der Waals surface area contributed by atoms with Gasteiger partial charge in [-0.25, -0.2) is 0 Å². The Morgan fingerprint density at radius 2 is 2.08 bits per heavy atom. The maximum Gasteiger partial charge on any atom is 0.319 e. The molecule has 0 aromatic heterocycles. The quantitative estimate of drug-likeness (QED) is 0.448. The van der Waals surface area contributed by atoms with Gasteiger partial charge in [-0.15, -0.1) is 0 Å². The molecule has 1 heterocycles. The maximum atomic E-state index is 11.1. The molecule has 1 amide bonds. The van der Waals surface area contributed by atoms with Gasteiger partial charge in [-0.3, -0.25) is 9.59 Å². The zero-order valence-corrected chi connectivity index (χ0v) is 7.46. The first-order valence-corrected chi connectivity index (χ1v) is 3.88. The number of hydrogen-bond acceptors (Lipinski definition) is 3. The first-order valence-electron chi connectivity index (χ1n) is 3.88. The molecular formula is C8H13NO3. The number of primary amides is 1. The third kappa shape index (κ3) is 1.17. The highest BCUT2D eigenvalue weighted by Gasteiger charge is 2.49. The molecule has 2 N–H and O–H groups in total. The number of ether oxygens (including phenoxy) is 1. The van der Waals surface area contributed by atoms with E-state index in [2.05, 4.69) is 0 Å². The van der Waals surface area contributed by atoms with Crippen LogP contribution in [0.2, 0.25) is 0 Å². The van der Waals surface area contributed by atoms with E-state index in [1.807, 2.05) is 0 Å². The van der Waals surface area contributed by atoms with Gasteiger partial charge in [-0.05, 0) is 13.8 Å². The molecule has 1 aliphatic rings. The zero-order chi connectivity index (χ0) is 9.52. The Morgan fingerprint density at radius 3 is 2.25 bits per heavy atom. The zero-order valence-electron chi connectivity index (χ0n) is 7.46. The van der Waals surface area contributed by atoms with Crippen molar-refractivity contribution in [2.24, 2.45) is 17.6 Å². The van der Waals surface area contributed by atoms with Crippen LogP contribution in [0.3, 0.4) is 0 Å². The average molecular weight is 171 g/mol. The van der Waals surface area contributed by atoms with Crippen LogP contribution in [-0.2, 0) is 14.3 Å². The normalized spacial score (nSPS) is 33.1. The average Bonchev–Trinajstić information content (AvgIpc) is 2.02. The second-order valence-electron chi connectivity index (χ2n) is 3.69. The Bertz CT molecular complexity index is 234. The molecule has 0 aromatic rings. The molecule has 1 saturated heterocycles. The molecule has 0 radical (unpaired) electrons. The minimum atomic E-state index is -0.778. The van der Waals surface area contributed by atoms with Gasteiger partial charge < -0.3 is 10.5 Å². The van der Waals surface area contributed by atoms with E-state index in [1.54, 1.807) is 20.8 Å². The van der Waals surface area contributed by atoms with Crippen LogP contribution < -0.4 is 5.73 Å². The number of carbonyl (C=O) groups is 2. The summed E-state index contributed by atoms with van der Waals surface area (Å²) in [5.41, 5.74) is 4.49. The lowest BCUT2D eigenvalue weighted by Gasteiger charge is -2.21. The molecule has 4 heteroatoms. The van der Waals surface area contributed by atoms with E-state index in [4.69, 9.17) is 10.5 Å². The standard InChI is InChI=1S/C8H13NO3/c1-4-5(6(9)10)7(11)12-8(4,2)3/h4-5H,1-3H3,(H2,9,10)/t4-,5-/m1/s1. The second kappa shape index (κ2) is 2.47. The predicted octanol–water partition coefficient (Wildman–Crippen LogP) is 0.0594. The van der Waals surface area contributed by atoms with Crippen LogP contribution >= 0.6 is 0 Å². The smallest absolute Gasteiger partial charge is 0.319 e. The minimum absolute atomic E-state index is 0.150. The maximum absolute atomic E-state index is 11.1. The van der Waals surface area contributed by atoms with Crippen molar-refractivity contribution in [3.63, 3.8) is 0 Å². The van der Waals surface area contributed by atoms with Crippen LogP contribution in [0.15, 0.2) is 0 Å². The lowest BCUT2D eigenvalue weighted by atomic mass is 9.84. The van der Waals surface area contributed by atoms with E-state index in [0.29, 0.717) is 0 Å². The molecule has 4 nitrogen and oxygen atoms in total. The lowest BCUT2D eigenvalue weighted by Crippen LogP contribution is -2.34. The number of hydrogen-bond donors (Lipinski definition) is 1. The summed E-state index contributed by atoms with van der Waals surface area (Å²) in [7, 11) is 0. The highest BCUT2D eigenvalue weighted by atomic mass is 16.6. The van der Waals surface area contributed by atoms with E-state index in [-0.39, 0.29) is 5.92 Å². The van der Waals surface area contributed by atoms with Crippen molar-refractivity contribution in [3.05, 3.63) is 0 Å². The molecule has 1 fully saturated rings. The molecule has 12 heavy (non-hydrogen) atoms. The summed E-state index contributed by atoms with van der Waals surface area (Å²) in [5.74, 6) is -2.03. The molecule has 0 spiro atoms. The van der Waals surface area contributed by atoms with Crippen molar-refractivity contribution in [1.29, 1.82) is 0 Å². The predicted molar refractivity (Wildman–Crippen MR) is 42.0 cm³/mol. The Labute approximate surface area is 71.1 Å². The van der Waals surface area contributed by atoms with Crippen molar-refractivity contribution in [1.82, 2.24) is 0 Å². The molecule has 0 aromatic carbocycles. The third-order valence-corrected chi connectivity index (χ3v) is 2.52. The molecule has 0 aliphatic carbocycles. The Kier molecular flexibility index (Phi) is 1.86. The summed E-state index contributed by atoms with van der Waals surface area (Å²) in [6.45, 7) is 5.34.